The van der Waals surface area contributed by atoms with E-state index in [1.165, 1.54) is 0 Å². The van der Waals surface area contributed by atoms with Gasteiger partial charge in [0.2, 0.25) is 0 Å². The van der Waals surface area contributed by atoms with Crippen LogP contribution in [0.4, 0.5) is 0 Å². The maximum absolute atomic E-state index is 12.2. The van der Waals surface area contributed by atoms with Gasteiger partial charge < -0.3 is 0 Å². The van der Waals surface area contributed by atoms with Crippen molar-refractivity contribution >= 4 is 10.2 Å². The Bertz CT molecular complexity index is 475. The zero-order valence-corrected chi connectivity index (χ0v) is 11.4. The van der Waals surface area contributed by atoms with Crippen molar-refractivity contribution in [1.29, 1.82) is 0 Å². The molecule has 1 aliphatic heterocycles. The van der Waals surface area contributed by atoms with Crippen LogP contribution in [0.3, 0.4) is 0 Å². The van der Waals surface area contributed by atoms with Crippen LogP contribution in [0.2, 0.25) is 0 Å². The third kappa shape index (κ3) is 3.28. The maximum atomic E-state index is 12.2. The maximum Gasteiger partial charge on any atom is 0.280 e. The minimum atomic E-state index is -3.39. The molecule has 2 heterocycles. The van der Waals surface area contributed by atoms with Crippen LogP contribution in [-0.4, -0.2) is 30.3 Å². The van der Waals surface area contributed by atoms with E-state index in [4.69, 9.17) is 0 Å². The van der Waals surface area contributed by atoms with E-state index < -0.39 is 10.2 Å². The van der Waals surface area contributed by atoms with E-state index in [0.717, 1.165) is 25.0 Å². The van der Waals surface area contributed by atoms with Crippen LogP contribution in [0.5, 0.6) is 0 Å². The number of pyridine rings is 1. The van der Waals surface area contributed by atoms with Crippen molar-refractivity contribution in [1.82, 2.24) is 14.0 Å². The first-order valence-electron chi connectivity index (χ1n) is 6.26. The molecular weight excluding hydrogens is 250 g/mol. The van der Waals surface area contributed by atoms with Gasteiger partial charge in [0.25, 0.3) is 10.2 Å². The third-order valence-corrected chi connectivity index (χ3v) is 4.88. The van der Waals surface area contributed by atoms with Gasteiger partial charge in [0, 0.05) is 18.8 Å². The normalized spacial score (nSPS) is 21.9. The van der Waals surface area contributed by atoms with Gasteiger partial charge in [0.05, 0.1) is 12.2 Å². The van der Waals surface area contributed by atoms with E-state index in [2.05, 4.69) is 9.71 Å². The number of piperidine rings is 1. The van der Waals surface area contributed by atoms with Gasteiger partial charge in [-0.25, -0.2) is 0 Å². The highest BCUT2D eigenvalue weighted by atomic mass is 32.2. The molecule has 0 saturated carbocycles. The average molecular weight is 269 g/mol. The molecule has 100 valence electrons. The molecule has 0 unspecified atom stereocenters. The molecule has 2 rings (SSSR count). The molecule has 0 bridgehead atoms. The number of rotatable bonds is 4. The summed E-state index contributed by atoms with van der Waals surface area (Å²) in [7, 11) is -3.39. The van der Waals surface area contributed by atoms with Crippen molar-refractivity contribution in [2.45, 2.75) is 38.8 Å². The largest absolute Gasteiger partial charge is 0.280 e. The smallest absolute Gasteiger partial charge is 0.260 e. The van der Waals surface area contributed by atoms with Gasteiger partial charge in [-0.05, 0) is 31.9 Å². The molecule has 18 heavy (non-hydrogen) atoms. The summed E-state index contributed by atoms with van der Waals surface area (Å²) in [6.07, 6.45) is 4.64. The van der Waals surface area contributed by atoms with Gasteiger partial charge in [-0.3, -0.25) is 4.98 Å². The molecule has 1 aromatic heterocycles. The Balaban J connectivity index is 1.99. The van der Waals surface area contributed by atoms with Gasteiger partial charge in [-0.2, -0.15) is 17.4 Å². The molecular formula is C12H19N3O2S. The van der Waals surface area contributed by atoms with Crippen LogP contribution in [-0.2, 0) is 16.8 Å². The van der Waals surface area contributed by atoms with E-state index >= 15 is 0 Å². The van der Waals surface area contributed by atoms with Crippen LogP contribution in [0.1, 0.15) is 31.9 Å². The van der Waals surface area contributed by atoms with Crippen molar-refractivity contribution in [3.05, 3.63) is 30.1 Å². The summed E-state index contributed by atoms with van der Waals surface area (Å²) >= 11 is 0. The second kappa shape index (κ2) is 5.77. The predicted octanol–water partition coefficient (Wildman–Crippen LogP) is 1.29. The highest BCUT2D eigenvalue weighted by molar-refractivity contribution is 7.87. The summed E-state index contributed by atoms with van der Waals surface area (Å²) in [6, 6.07) is 5.55. The average Bonchev–Trinajstić information content (AvgIpc) is 2.38. The zero-order valence-electron chi connectivity index (χ0n) is 10.5. The predicted molar refractivity (Wildman–Crippen MR) is 70.0 cm³/mol. The van der Waals surface area contributed by atoms with Crippen molar-refractivity contribution in [2.24, 2.45) is 0 Å². The van der Waals surface area contributed by atoms with Crippen LogP contribution >= 0.6 is 0 Å². The molecule has 1 saturated heterocycles. The first-order chi connectivity index (χ1) is 8.59. The van der Waals surface area contributed by atoms with Crippen molar-refractivity contribution < 1.29 is 8.42 Å². The highest BCUT2D eigenvalue weighted by Crippen LogP contribution is 2.19. The number of hydrogen-bond acceptors (Lipinski definition) is 3. The minimum absolute atomic E-state index is 0.0833. The first kappa shape index (κ1) is 13.5. The Hall–Kier alpha value is -0.980. The molecule has 0 spiro atoms. The van der Waals surface area contributed by atoms with E-state index in [9.17, 15) is 8.42 Å². The van der Waals surface area contributed by atoms with Crippen LogP contribution in [0, 0.1) is 0 Å². The lowest BCUT2D eigenvalue weighted by molar-refractivity contribution is 0.265. The Labute approximate surface area is 108 Å². The van der Waals surface area contributed by atoms with Crippen molar-refractivity contribution in [3.63, 3.8) is 0 Å². The summed E-state index contributed by atoms with van der Waals surface area (Å²) < 4.78 is 28.5. The summed E-state index contributed by atoms with van der Waals surface area (Å²) in [4.78, 5) is 4.10. The summed E-state index contributed by atoms with van der Waals surface area (Å²) in [5.74, 6) is 0. The fourth-order valence-electron chi connectivity index (χ4n) is 2.18. The Morgan fingerprint density at radius 3 is 2.94 bits per heavy atom. The van der Waals surface area contributed by atoms with Crippen molar-refractivity contribution in [3.8, 4) is 0 Å². The number of aromatic nitrogens is 1. The van der Waals surface area contributed by atoms with E-state index in [1.807, 2.05) is 25.1 Å². The molecule has 6 heteroatoms. The van der Waals surface area contributed by atoms with Gasteiger partial charge >= 0.3 is 0 Å². The van der Waals surface area contributed by atoms with E-state index in [0.29, 0.717) is 6.54 Å². The molecule has 0 amide bonds. The Morgan fingerprint density at radius 1 is 1.44 bits per heavy atom. The van der Waals surface area contributed by atoms with Gasteiger partial charge in [-0.15, -0.1) is 0 Å². The molecule has 1 fully saturated rings. The third-order valence-electron chi connectivity index (χ3n) is 3.21. The van der Waals surface area contributed by atoms with Gasteiger partial charge in [0.1, 0.15) is 0 Å². The lowest BCUT2D eigenvalue weighted by Crippen LogP contribution is -2.47. The second-order valence-corrected chi connectivity index (χ2v) is 6.31. The zero-order chi connectivity index (χ0) is 13.0. The molecule has 5 nitrogen and oxygen atoms in total. The standard InChI is InChI=1S/C12H19N3O2S/c1-11-6-3-5-9-15(11)18(16,17)14-10-12-7-2-4-8-13-12/h2,4,7-8,11,14H,3,5-6,9-10H2,1H3/t11-/m1/s1. The SMILES string of the molecule is C[C@@H]1CCCCN1S(=O)(=O)NCc1ccccn1. The highest BCUT2D eigenvalue weighted by Gasteiger charge is 2.28. The quantitative estimate of drug-likeness (QED) is 0.896. The minimum Gasteiger partial charge on any atom is -0.260 e. The summed E-state index contributed by atoms with van der Waals surface area (Å²) in [5.41, 5.74) is 0.728. The Morgan fingerprint density at radius 2 is 2.28 bits per heavy atom. The van der Waals surface area contributed by atoms with Crippen molar-refractivity contribution in [2.75, 3.05) is 6.54 Å². The summed E-state index contributed by atoms with van der Waals surface area (Å²) in [5, 5.41) is 0. The molecule has 1 N–H and O–H groups in total. The number of hydrogen-bond donors (Lipinski definition) is 1. The van der Waals surface area contributed by atoms with Crippen LogP contribution < -0.4 is 4.72 Å². The molecule has 1 aliphatic rings. The lowest BCUT2D eigenvalue weighted by Gasteiger charge is -2.32. The monoisotopic (exact) mass is 269 g/mol. The second-order valence-electron chi connectivity index (χ2n) is 4.60. The Kier molecular flexibility index (Phi) is 4.31. The van der Waals surface area contributed by atoms with E-state index in [1.54, 1.807) is 10.5 Å². The van der Waals surface area contributed by atoms with Gasteiger partial charge in [0.15, 0.2) is 0 Å². The molecule has 1 aromatic rings. The molecule has 0 aromatic carbocycles. The molecule has 0 aliphatic carbocycles. The van der Waals surface area contributed by atoms with Crippen LogP contribution in [0.25, 0.3) is 0 Å². The fraction of sp³-hybridized carbons (Fsp3) is 0.583. The lowest BCUT2D eigenvalue weighted by atomic mass is 10.1. The fourth-order valence-corrected chi connectivity index (χ4v) is 3.62. The first-order valence-corrected chi connectivity index (χ1v) is 7.70. The molecule has 1 atom stereocenters. The summed E-state index contributed by atoms with van der Waals surface area (Å²) in [6.45, 7) is 2.81. The van der Waals surface area contributed by atoms with Gasteiger partial charge in [-0.1, -0.05) is 12.5 Å². The number of nitrogens with zero attached hydrogens (tertiary/aromatic N) is 2. The number of nitrogens with one attached hydrogen (secondary N) is 1. The van der Waals surface area contributed by atoms with Crippen LogP contribution in [0.15, 0.2) is 24.4 Å². The topological polar surface area (TPSA) is 62.3 Å². The molecule has 0 radical (unpaired) electrons. The van der Waals surface area contributed by atoms with E-state index in [-0.39, 0.29) is 12.6 Å².